The molecule has 0 aromatic carbocycles. The van der Waals surface area contributed by atoms with Crippen molar-refractivity contribution in [3.05, 3.63) is 12.2 Å². The first-order chi connectivity index (χ1) is 5.44. The van der Waals surface area contributed by atoms with Crippen molar-refractivity contribution in [3.63, 3.8) is 0 Å². The van der Waals surface area contributed by atoms with Crippen LogP contribution in [-0.2, 0) is 9.47 Å². The largest absolute Gasteiger partial charge is 0.362 e. The van der Waals surface area contributed by atoms with Crippen molar-refractivity contribution in [1.29, 1.82) is 0 Å². The molecule has 0 bridgehead atoms. The zero-order valence-electron chi connectivity index (χ0n) is 8.13. The fourth-order valence-electron chi connectivity index (χ4n) is 1.36. The van der Waals surface area contributed by atoms with Crippen LogP contribution in [0.15, 0.2) is 12.2 Å². The minimum absolute atomic E-state index is 0.0119. The first-order valence-electron chi connectivity index (χ1n) is 4.49. The van der Waals surface area contributed by atoms with E-state index < -0.39 is 0 Å². The lowest BCUT2D eigenvalue weighted by atomic mass is 10.1. The minimum Gasteiger partial charge on any atom is -0.362 e. The lowest BCUT2D eigenvalue weighted by Crippen LogP contribution is -2.05. The third-order valence-corrected chi connectivity index (χ3v) is 2.84. The van der Waals surface area contributed by atoms with Crippen LogP contribution in [0.5, 0.6) is 0 Å². The Labute approximate surface area is 73.5 Å². The molecule has 0 aliphatic carbocycles. The molecule has 0 aromatic heterocycles. The predicted octanol–water partition coefficient (Wildman–Crippen LogP) is 1.90. The summed E-state index contributed by atoms with van der Waals surface area (Å²) in [7, 11) is 0. The summed E-state index contributed by atoms with van der Waals surface area (Å²) in [6.07, 6.45) is 4.90. The first-order valence-corrected chi connectivity index (χ1v) is 4.49. The molecule has 0 aromatic rings. The topological polar surface area (TPSA) is 25.1 Å². The standard InChI is InChI=1S/C10H16O2/c1-7-10(4,11-7)6-5-8-9(2,3)12-8/h5-8H,1-4H3/b6-5-/t7-,8-,10-/m1/s1. The third-order valence-electron chi connectivity index (χ3n) is 2.84. The summed E-state index contributed by atoms with van der Waals surface area (Å²) in [6, 6.07) is 0. The highest BCUT2D eigenvalue weighted by molar-refractivity contribution is 5.18. The summed E-state index contributed by atoms with van der Waals surface area (Å²) >= 11 is 0. The van der Waals surface area contributed by atoms with Crippen LogP contribution >= 0.6 is 0 Å². The van der Waals surface area contributed by atoms with Gasteiger partial charge in [0, 0.05) is 0 Å². The monoisotopic (exact) mass is 168 g/mol. The average molecular weight is 168 g/mol. The SMILES string of the molecule is C[C@H]1O[C@]1(C)/C=C\[C@H]1OC1(C)C. The highest BCUT2D eigenvalue weighted by Gasteiger charge is 2.49. The maximum atomic E-state index is 5.42. The molecule has 3 atom stereocenters. The Morgan fingerprint density at radius 2 is 1.67 bits per heavy atom. The van der Waals surface area contributed by atoms with Crippen LogP contribution in [0.1, 0.15) is 27.7 Å². The molecule has 0 saturated carbocycles. The van der Waals surface area contributed by atoms with Gasteiger partial charge >= 0.3 is 0 Å². The van der Waals surface area contributed by atoms with E-state index in [-0.39, 0.29) is 11.2 Å². The maximum Gasteiger partial charge on any atom is 0.110 e. The van der Waals surface area contributed by atoms with Crippen LogP contribution < -0.4 is 0 Å². The molecule has 68 valence electrons. The highest BCUT2D eigenvalue weighted by Crippen LogP contribution is 2.40. The maximum absolute atomic E-state index is 5.42. The van der Waals surface area contributed by atoms with Crippen molar-refractivity contribution in [2.24, 2.45) is 0 Å². The average Bonchev–Trinajstić information content (AvgIpc) is 2.72. The lowest BCUT2D eigenvalue weighted by Gasteiger charge is -1.94. The number of ether oxygens (including phenoxy) is 2. The number of epoxide rings is 2. The molecule has 2 aliphatic rings. The summed E-state index contributed by atoms with van der Waals surface area (Å²) < 4.78 is 10.8. The van der Waals surface area contributed by atoms with Gasteiger partial charge in [-0.1, -0.05) is 12.2 Å². The number of hydrogen-bond donors (Lipinski definition) is 0. The van der Waals surface area contributed by atoms with E-state index in [9.17, 15) is 0 Å². The van der Waals surface area contributed by atoms with Crippen LogP contribution in [0, 0.1) is 0 Å². The number of hydrogen-bond acceptors (Lipinski definition) is 2. The molecule has 0 radical (unpaired) electrons. The van der Waals surface area contributed by atoms with Crippen molar-refractivity contribution in [1.82, 2.24) is 0 Å². The molecule has 0 amide bonds. The van der Waals surface area contributed by atoms with Gasteiger partial charge in [-0.2, -0.15) is 0 Å². The normalized spacial score (nSPS) is 49.7. The summed E-state index contributed by atoms with van der Waals surface area (Å²) in [5.41, 5.74) is 0.0486. The van der Waals surface area contributed by atoms with Crippen LogP contribution in [-0.4, -0.2) is 23.4 Å². The Hall–Kier alpha value is -0.340. The molecular weight excluding hydrogens is 152 g/mol. The minimum atomic E-state index is -0.0119. The van der Waals surface area contributed by atoms with Gasteiger partial charge in [-0.25, -0.2) is 0 Å². The van der Waals surface area contributed by atoms with Gasteiger partial charge < -0.3 is 9.47 Å². The van der Waals surface area contributed by atoms with Crippen LogP contribution in [0.2, 0.25) is 0 Å². The van der Waals surface area contributed by atoms with Crippen LogP contribution in [0.3, 0.4) is 0 Å². The van der Waals surface area contributed by atoms with Gasteiger partial charge in [0.15, 0.2) is 0 Å². The zero-order valence-corrected chi connectivity index (χ0v) is 8.13. The van der Waals surface area contributed by atoms with E-state index in [0.29, 0.717) is 12.2 Å². The molecule has 2 aliphatic heterocycles. The van der Waals surface area contributed by atoms with E-state index in [1.165, 1.54) is 0 Å². The fourth-order valence-corrected chi connectivity index (χ4v) is 1.36. The second-order valence-electron chi connectivity index (χ2n) is 4.44. The van der Waals surface area contributed by atoms with Gasteiger partial charge in [0.1, 0.15) is 11.7 Å². The number of rotatable bonds is 2. The van der Waals surface area contributed by atoms with Gasteiger partial charge in [-0.3, -0.25) is 0 Å². The highest BCUT2D eigenvalue weighted by atomic mass is 16.6. The van der Waals surface area contributed by atoms with Crippen molar-refractivity contribution >= 4 is 0 Å². The van der Waals surface area contributed by atoms with Gasteiger partial charge in [0.25, 0.3) is 0 Å². The molecule has 0 unspecified atom stereocenters. The first kappa shape index (κ1) is 8.27. The Bertz CT molecular complexity index is 232. The molecule has 0 N–H and O–H groups in total. The molecule has 2 saturated heterocycles. The second kappa shape index (κ2) is 2.12. The van der Waals surface area contributed by atoms with E-state index in [1.54, 1.807) is 0 Å². The van der Waals surface area contributed by atoms with Crippen LogP contribution in [0.4, 0.5) is 0 Å². The molecule has 12 heavy (non-hydrogen) atoms. The van der Waals surface area contributed by atoms with E-state index in [1.807, 2.05) is 0 Å². The van der Waals surface area contributed by atoms with E-state index in [4.69, 9.17) is 9.47 Å². The quantitative estimate of drug-likeness (QED) is 0.464. The third kappa shape index (κ3) is 1.29. The molecule has 0 spiro atoms. The van der Waals surface area contributed by atoms with E-state index in [2.05, 4.69) is 39.8 Å². The van der Waals surface area contributed by atoms with Crippen LogP contribution in [0.25, 0.3) is 0 Å². The van der Waals surface area contributed by atoms with Crippen molar-refractivity contribution < 1.29 is 9.47 Å². The summed E-state index contributed by atoms with van der Waals surface area (Å²) in [6.45, 7) is 8.38. The van der Waals surface area contributed by atoms with Gasteiger partial charge in [0.05, 0.1) is 11.7 Å². The van der Waals surface area contributed by atoms with Gasteiger partial charge in [-0.05, 0) is 27.7 Å². The Kier molecular flexibility index (Phi) is 1.46. The predicted molar refractivity (Wildman–Crippen MR) is 47.0 cm³/mol. The van der Waals surface area contributed by atoms with Crippen molar-refractivity contribution in [2.45, 2.75) is 51.1 Å². The van der Waals surface area contributed by atoms with Crippen molar-refractivity contribution in [2.75, 3.05) is 0 Å². The van der Waals surface area contributed by atoms with Gasteiger partial charge in [0.2, 0.25) is 0 Å². The van der Waals surface area contributed by atoms with Crippen molar-refractivity contribution in [3.8, 4) is 0 Å². The van der Waals surface area contributed by atoms with E-state index >= 15 is 0 Å². The molecule has 2 rings (SSSR count). The fraction of sp³-hybridized carbons (Fsp3) is 0.800. The van der Waals surface area contributed by atoms with E-state index in [0.717, 1.165) is 0 Å². The molecular formula is C10H16O2. The summed E-state index contributed by atoms with van der Waals surface area (Å²) in [5, 5.41) is 0. The van der Waals surface area contributed by atoms with Gasteiger partial charge in [-0.15, -0.1) is 0 Å². The summed E-state index contributed by atoms with van der Waals surface area (Å²) in [4.78, 5) is 0. The zero-order chi connectivity index (χ0) is 8.98. The molecule has 2 fully saturated rings. The Morgan fingerprint density at radius 1 is 1.17 bits per heavy atom. The smallest absolute Gasteiger partial charge is 0.110 e. The Balaban J connectivity index is 1.89. The molecule has 2 nitrogen and oxygen atoms in total. The second-order valence-corrected chi connectivity index (χ2v) is 4.44. The summed E-state index contributed by atoms with van der Waals surface area (Å²) in [5.74, 6) is 0. The molecule has 2 heteroatoms. The molecule has 2 heterocycles. The Morgan fingerprint density at radius 3 is 2.00 bits per heavy atom. The lowest BCUT2D eigenvalue weighted by molar-refractivity contribution is 0.331.